The van der Waals surface area contributed by atoms with Gasteiger partial charge in [-0.3, -0.25) is 76.7 Å². The van der Waals surface area contributed by atoms with E-state index in [0.717, 1.165) is 32.0 Å². The number of aromatic hydroxyl groups is 2. The van der Waals surface area contributed by atoms with E-state index in [4.69, 9.17) is 5.73 Å². The molecule has 1 aromatic heterocycles. The van der Waals surface area contributed by atoms with Crippen molar-refractivity contribution in [2.45, 2.75) is 179 Å². The van der Waals surface area contributed by atoms with Crippen LogP contribution in [0.4, 0.5) is 0 Å². The minimum absolute atomic E-state index is 0.0292. The molecule has 36 heteroatoms. The fourth-order valence-corrected chi connectivity index (χ4v) is 16.0. The number of primary amides is 1. The second-order valence-corrected chi connectivity index (χ2v) is 34.5. The molecule has 15 N–H and O–H groups in total. The molecule has 15 amide bonds. The molecule has 11 atom stereocenters. The number of aryl methyl sites for hydroxylation is 1. The molecule has 1 aliphatic rings. The number of phenolic OH excluding ortho intramolecular Hbond substituents is 2. The highest BCUT2D eigenvalue weighted by atomic mass is 32.2. The van der Waals surface area contributed by atoms with E-state index in [1.165, 1.54) is 93.6 Å². The summed E-state index contributed by atoms with van der Waals surface area (Å²) in [6, 6.07) is 25.7. The highest BCUT2D eigenvalue weighted by molar-refractivity contribution is 8.00. The van der Waals surface area contributed by atoms with Crippen LogP contribution in [0, 0.1) is 18.8 Å². The van der Waals surface area contributed by atoms with Crippen molar-refractivity contribution in [2.75, 3.05) is 66.4 Å². The first-order chi connectivity index (χ1) is 61.8. The number of H-pyrrole nitrogens is 1. The Hall–Kier alpha value is -13.7. The maximum atomic E-state index is 15.6. The number of aromatic nitrogens is 1. The van der Waals surface area contributed by atoms with Gasteiger partial charge >= 0.3 is 5.97 Å². The van der Waals surface area contributed by atoms with Crippen LogP contribution in [0.3, 0.4) is 0 Å². The number of aromatic amines is 1. The van der Waals surface area contributed by atoms with E-state index in [1.807, 2.05) is 6.92 Å². The number of amides is 15. The van der Waals surface area contributed by atoms with Gasteiger partial charge in [-0.2, -0.15) is 0 Å². The summed E-state index contributed by atoms with van der Waals surface area (Å²) in [5.74, 6) is -17.4. The number of carboxylic acids is 1. The lowest BCUT2D eigenvalue weighted by Gasteiger charge is -2.37. The van der Waals surface area contributed by atoms with Gasteiger partial charge in [-0.25, -0.2) is 0 Å². The number of nitrogens with one attached hydrogen (secondary N) is 10. The van der Waals surface area contributed by atoms with E-state index in [-0.39, 0.29) is 74.5 Å². The van der Waals surface area contributed by atoms with Gasteiger partial charge in [0.2, 0.25) is 88.6 Å². The largest absolute Gasteiger partial charge is 0.508 e. The van der Waals surface area contributed by atoms with Crippen LogP contribution in [0.15, 0.2) is 164 Å². The summed E-state index contributed by atoms with van der Waals surface area (Å²) < 4.78 is 0. The zero-order valence-corrected chi connectivity index (χ0v) is 75.8. The van der Waals surface area contributed by atoms with E-state index in [9.17, 15) is 53.7 Å². The Bertz CT molecular complexity index is 5140. The highest BCUT2D eigenvalue weighted by Gasteiger charge is 2.42. The summed E-state index contributed by atoms with van der Waals surface area (Å²) in [6.07, 6.45) is 0.0940. The smallest absolute Gasteiger partial charge is 0.305 e. The molecule has 35 nitrogen and oxygen atoms in total. The average Bonchev–Trinajstić information content (AvgIpc) is 1.48. The standard InChI is InChI=1S/C94H120N16O19S/c1-12-13-32-75-92(127)107(8)52-80(115)99-71(48-82(117)118)88(123)105-83(56(4)5)94(129)109(10)76(44-58-25-16-14-17-26-58)89(124)103-72(43-61-35-39-65(112)40-36-61)90(125)106(7)51-79(114)98-70(47-63-49-96-67-31-23-22-30-66(63)67)87(122)102-69(42-60-33-37-64(111)38-34-60)86(121)101-68(41-55(2)3)85(120)104-74(84(119)97-50-78(95)113)53-130-54-81(116)100-73(46-62-29-21-20-24-57(62)6)91(126)110(11)77(93(128)108(75)9)45-59-27-18-15-19-28-59/h14-31,33-40,49,55-56,68-77,83,96,111-112H,12-13,32,41-48,50-54H2,1-11H3,(H2,95,113)(H,97,119)(H,98,114)(H,99,115)(H,100,116)(H,101,121)(H,102,122)(H,103,124)(H,104,120)(H,105,123)(H,117,118)/t68-,69-,70-,71-,72-,73-,74-,75-,76-,77-,83-/m0/s1. The number of unbranched alkanes of at least 4 members (excludes halogenated alkanes) is 1. The van der Waals surface area contributed by atoms with Gasteiger partial charge in [0.1, 0.15) is 78.0 Å². The maximum absolute atomic E-state index is 15.6. The van der Waals surface area contributed by atoms with Crippen molar-refractivity contribution in [1.82, 2.24) is 77.3 Å². The van der Waals surface area contributed by atoms with Crippen LogP contribution in [-0.2, 0) is 115 Å². The first kappa shape index (κ1) is 102. The maximum Gasteiger partial charge on any atom is 0.305 e. The molecule has 1 aliphatic heterocycles. The normalized spacial score (nSPS) is 21.8. The average molecular weight is 1810 g/mol. The Balaban J connectivity index is 1.22. The summed E-state index contributed by atoms with van der Waals surface area (Å²) in [5.41, 5.74) is 9.91. The SMILES string of the molecule is CCCC[C@H]1C(=O)N(C)CC(=O)N[C@@H](CC(=O)O)C(=O)N[C@@H](C(C)C)C(=O)N(C)[C@@H](Cc2ccccc2)C(=O)N[C@@H](Cc2ccc(O)cc2)C(=O)N(C)CC(=O)N[C@@H](Cc2c[nH]c3ccccc23)C(=O)N[C@@H](Cc2ccc(O)cc2)C(=O)N[C@@H](CC(C)C)C(=O)N[C@H](C(=O)NCC(N)=O)CSCC(=O)N[C@@H](Cc2ccccc2C)C(=O)N(C)[C@@H](Cc2ccccc2)C(=O)N1C. The molecule has 0 unspecified atom stereocenters. The monoisotopic (exact) mass is 1810 g/mol. The number of nitrogens with two attached hydrogens (primary N) is 1. The van der Waals surface area contributed by atoms with Gasteiger partial charge in [-0.15, -0.1) is 11.8 Å². The van der Waals surface area contributed by atoms with E-state index in [0.29, 0.717) is 57.1 Å². The number of aliphatic carboxylic acids is 1. The van der Waals surface area contributed by atoms with Crippen LogP contribution in [0.1, 0.15) is 106 Å². The summed E-state index contributed by atoms with van der Waals surface area (Å²) in [7, 11) is 6.55. The lowest BCUT2D eigenvalue weighted by Crippen LogP contribution is -2.61. The molecular formula is C94H120N16O19S. The molecule has 1 saturated heterocycles. The zero-order valence-electron chi connectivity index (χ0n) is 75.0. The third-order valence-corrected chi connectivity index (χ3v) is 23.5. The lowest BCUT2D eigenvalue weighted by atomic mass is 9.98. The Kier molecular flexibility index (Phi) is 38.4. The van der Waals surface area contributed by atoms with Crippen LogP contribution < -0.4 is 53.6 Å². The number of hydrogen-bond acceptors (Lipinski definition) is 19. The van der Waals surface area contributed by atoms with Crippen LogP contribution in [0.2, 0.25) is 0 Å². The Labute approximate surface area is 759 Å². The minimum Gasteiger partial charge on any atom is -0.508 e. The van der Waals surface area contributed by atoms with Crippen molar-refractivity contribution in [3.8, 4) is 11.5 Å². The van der Waals surface area contributed by atoms with Crippen molar-refractivity contribution in [3.05, 3.63) is 203 Å². The number of carboxylic acid groups (broad SMARTS) is 1. The predicted molar refractivity (Wildman–Crippen MR) is 487 cm³/mol. The third kappa shape index (κ3) is 30.2. The second kappa shape index (κ2) is 49.0. The quantitative estimate of drug-likeness (QED) is 0.0438. The van der Waals surface area contributed by atoms with Gasteiger partial charge in [-0.1, -0.05) is 175 Å². The Morgan fingerprint density at radius 1 is 0.469 bits per heavy atom. The first-order valence-corrected chi connectivity index (χ1v) is 44.2. The summed E-state index contributed by atoms with van der Waals surface area (Å²) in [4.78, 5) is 244. The molecule has 6 aromatic carbocycles. The minimum atomic E-state index is -1.91. The molecule has 0 aliphatic carbocycles. The summed E-state index contributed by atoms with van der Waals surface area (Å²) >= 11 is 0.832. The van der Waals surface area contributed by atoms with Crippen molar-refractivity contribution in [1.29, 1.82) is 0 Å². The molecule has 8 rings (SSSR count). The van der Waals surface area contributed by atoms with Crippen molar-refractivity contribution < 1.29 is 92.0 Å². The topological polar surface area (TPSA) is 500 Å². The van der Waals surface area contributed by atoms with Gasteiger partial charge in [-0.05, 0) is 101 Å². The lowest BCUT2D eigenvalue weighted by molar-refractivity contribution is -0.151. The molecule has 0 spiro atoms. The molecular weight excluding hydrogens is 1690 g/mol. The number of rotatable bonds is 23. The van der Waals surface area contributed by atoms with Crippen molar-refractivity contribution >= 4 is 117 Å². The van der Waals surface area contributed by atoms with Crippen LogP contribution >= 0.6 is 11.8 Å². The van der Waals surface area contributed by atoms with Gasteiger partial charge < -0.3 is 98.4 Å². The van der Waals surface area contributed by atoms with Gasteiger partial charge in [0.05, 0.1) is 31.8 Å². The number of carbonyl (C=O) groups is 16. The number of nitrogens with zero attached hydrogens (tertiary/aromatic N) is 5. The van der Waals surface area contributed by atoms with E-state index >= 15 is 38.4 Å². The van der Waals surface area contributed by atoms with Crippen molar-refractivity contribution in [3.63, 3.8) is 0 Å². The van der Waals surface area contributed by atoms with Crippen molar-refractivity contribution in [2.24, 2.45) is 17.6 Å². The number of phenols is 2. The number of hydrogen-bond donors (Lipinski definition) is 14. The number of fused-ring (bicyclic) bond motifs is 1. The van der Waals surface area contributed by atoms with Gasteiger partial charge in [0.15, 0.2) is 0 Å². The predicted octanol–water partition coefficient (Wildman–Crippen LogP) is 2.64. The Morgan fingerprint density at radius 2 is 0.938 bits per heavy atom. The molecule has 2 heterocycles. The van der Waals surface area contributed by atoms with Crippen LogP contribution in [-0.4, -0.2) is 272 Å². The molecule has 0 saturated carbocycles. The van der Waals surface area contributed by atoms with Gasteiger partial charge in [0, 0.05) is 96.6 Å². The molecule has 0 radical (unpaired) electrons. The molecule has 7 aromatic rings. The highest BCUT2D eigenvalue weighted by Crippen LogP contribution is 2.25. The second-order valence-electron chi connectivity index (χ2n) is 33.5. The van der Waals surface area contributed by atoms with Crippen LogP contribution in [0.25, 0.3) is 10.9 Å². The number of para-hydroxylation sites is 1. The fourth-order valence-electron chi connectivity index (χ4n) is 15.2. The summed E-state index contributed by atoms with van der Waals surface area (Å²) in [5, 5.41) is 55.7. The number of likely N-dealkylation sites (N-methyl/N-ethyl adjacent to an activating group) is 5. The molecule has 130 heavy (non-hydrogen) atoms. The van der Waals surface area contributed by atoms with Gasteiger partial charge in [0.25, 0.3) is 0 Å². The first-order valence-electron chi connectivity index (χ1n) is 43.1. The number of carbonyl (C=O) groups excluding carboxylic acids is 15. The zero-order chi connectivity index (χ0) is 95.2. The number of thioether (sulfide) groups is 1. The fraction of sp³-hybridized carbons (Fsp3) is 0.426. The third-order valence-electron chi connectivity index (χ3n) is 22.5. The number of benzene rings is 6. The van der Waals surface area contributed by atoms with E-state index < -0.39 is 199 Å². The van der Waals surface area contributed by atoms with E-state index in [2.05, 4.69) is 52.8 Å². The van der Waals surface area contributed by atoms with E-state index in [1.54, 1.807) is 150 Å². The molecule has 0 bridgehead atoms. The molecule has 696 valence electrons. The molecule has 1 fully saturated rings. The summed E-state index contributed by atoms with van der Waals surface area (Å²) in [6.45, 7) is 7.98. The Morgan fingerprint density at radius 3 is 1.51 bits per heavy atom. The van der Waals surface area contributed by atoms with Crippen LogP contribution in [0.5, 0.6) is 11.5 Å².